The number of aromatic carboxylic acids is 1. The number of benzene rings is 1. The third-order valence-corrected chi connectivity index (χ3v) is 4.61. The summed E-state index contributed by atoms with van der Waals surface area (Å²) in [7, 11) is 0. The summed E-state index contributed by atoms with van der Waals surface area (Å²) in [6.45, 7) is 4.01. The lowest BCUT2D eigenvalue weighted by Gasteiger charge is -2.06. The highest BCUT2D eigenvalue weighted by Crippen LogP contribution is 2.21. The molecule has 0 saturated carbocycles. The lowest BCUT2D eigenvalue weighted by Crippen LogP contribution is -2.11. The molecule has 0 bridgehead atoms. The fraction of sp³-hybridized carbons (Fsp3) is 0.133. The first-order chi connectivity index (χ1) is 10.4. The number of halogens is 1. The number of nitrogens with one attached hydrogen (secondary N) is 1. The number of rotatable bonds is 2. The Kier molecular flexibility index (Phi) is 3.51. The normalized spacial score (nSPS) is 11.0. The molecule has 2 N–H and O–H groups in total. The molecular formula is C15H12IN3O3. The average molecular weight is 409 g/mol. The number of H-pyrrole nitrogens is 1. The van der Waals surface area contributed by atoms with E-state index in [1.807, 2.05) is 54.6 Å². The van der Waals surface area contributed by atoms with Gasteiger partial charge in [-0.1, -0.05) is 12.1 Å². The first-order valence-electron chi connectivity index (χ1n) is 6.50. The molecule has 112 valence electrons. The molecule has 7 heteroatoms. The third kappa shape index (κ3) is 2.31. The van der Waals surface area contributed by atoms with Crippen LogP contribution < -0.4 is 5.56 Å². The van der Waals surface area contributed by atoms with Gasteiger partial charge in [0.1, 0.15) is 5.52 Å². The van der Waals surface area contributed by atoms with Crippen molar-refractivity contribution in [2.75, 3.05) is 0 Å². The Hall–Kier alpha value is -2.16. The van der Waals surface area contributed by atoms with E-state index in [-0.39, 0.29) is 16.8 Å². The topological polar surface area (TPSA) is 87.5 Å². The molecule has 22 heavy (non-hydrogen) atoms. The Bertz CT molecular complexity index is 972. The lowest BCUT2D eigenvalue weighted by molar-refractivity contribution is 0.0689. The fourth-order valence-corrected chi connectivity index (χ4v) is 3.07. The molecule has 0 aliphatic heterocycles. The quantitative estimate of drug-likeness (QED) is 0.638. The standard InChI is InChI=1S/C15H12IN3O3/c1-7-3-4-9(5-8(7)2)10-6-19-13(14(20)17-10)11(16)12(18-19)15(21)22/h3-6H,1-2H3,(H,17,20)(H,21,22). The fourth-order valence-electron chi connectivity index (χ4n) is 2.24. The second-order valence-corrected chi connectivity index (χ2v) is 6.14. The largest absolute Gasteiger partial charge is 0.476 e. The van der Waals surface area contributed by atoms with Gasteiger partial charge in [0.25, 0.3) is 5.56 Å². The number of aromatic nitrogens is 3. The van der Waals surface area contributed by atoms with Crippen LogP contribution in [0.2, 0.25) is 0 Å². The van der Waals surface area contributed by atoms with Gasteiger partial charge in [-0.25, -0.2) is 9.31 Å². The zero-order valence-electron chi connectivity index (χ0n) is 11.8. The van der Waals surface area contributed by atoms with Crippen molar-refractivity contribution < 1.29 is 9.90 Å². The van der Waals surface area contributed by atoms with E-state index in [0.717, 1.165) is 16.7 Å². The van der Waals surface area contributed by atoms with Crippen molar-refractivity contribution >= 4 is 34.1 Å². The highest BCUT2D eigenvalue weighted by atomic mass is 127. The zero-order chi connectivity index (χ0) is 16.0. The van der Waals surface area contributed by atoms with Gasteiger partial charge in [0, 0.05) is 0 Å². The molecule has 2 heterocycles. The molecule has 0 unspecified atom stereocenters. The summed E-state index contributed by atoms with van der Waals surface area (Å²) >= 11 is 1.83. The maximum atomic E-state index is 12.3. The number of hydrogen-bond acceptors (Lipinski definition) is 3. The SMILES string of the molecule is Cc1ccc(-c2cn3nc(C(=O)O)c(I)c3c(=O)[nH]2)cc1C. The number of nitrogens with zero attached hydrogens (tertiary/aromatic N) is 2. The summed E-state index contributed by atoms with van der Waals surface area (Å²) in [6, 6.07) is 5.85. The Morgan fingerprint density at radius 3 is 2.68 bits per heavy atom. The monoisotopic (exact) mass is 409 g/mol. The number of aryl methyl sites for hydroxylation is 2. The van der Waals surface area contributed by atoms with Gasteiger partial charge >= 0.3 is 5.97 Å². The Labute approximate surface area is 138 Å². The number of carboxylic acid groups (broad SMARTS) is 1. The minimum Gasteiger partial charge on any atom is -0.476 e. The average Bonchev–Trinajstić information content (AvgIpc) is 2.79. The number of fused-ring (bicyclic) bond motifs is 1. The van der Waals surface area contributed by atoms with Crippen LogP contribution in [0.5, 0.6) is 0 Å². The number of carboxylic acids is 1. The van der Waals surface area contributed by atoms with E-state index in [0.29, 0.717) is 9.26 Å². The van der Waals surface area contributed by atoms with Gasteiger partial charge in [-0.3, -0.25) is 4.79 Å². The van der Waals surface area contributed by atoms with E-state index in [1.165, 1.54) is 4.52 Å². The molecule has 6 nitrogen and oxygen atoms in total. The molecule has 1 aromatic carbocycles. The van der Waals surface area contributed by atoms with Crippen LogP contribution in [0, 0.1) is 17.4 Å². The summed E-state index contributed by atoms with van der Waals surface area (Å²) in [6.07, 6.45) is 1.63. The van der Waals surface area contributed by atoms with Gasteiger partial charge in [-0.05, 0) is 59.2 Å². The van der Waals surface area contributed by atoms with E-state index in [1.54, 1.807) is 6.20 Å². The number of carbonyl (C=O) groups is 1. The second kappa shape index (κ2) is 5.24. The number of hydrogen-bond donors (Lipinski definition) is 2. The maximum absolute atomic E-state index is 12.3. The number of aromatic amines is 1. The third-order valence-electron chi connectivity index (χ3n) is 3.59. The van der Waals surface area contributed by atoms with E-state index >= 15 is 0 Å². The van der Waals surface area contributed by atoms with Crippen LogP contribution in [0.25, 0.3) is 16.8 Å². The first kappa shape index (κ1) is 14.8. The van der Waals surface area contributed by atoms with E-state index in [4.69, 9.17) is 5.11 Å². The highest BCUT2D eigenvalue weighted by molar-refractivity contribution is 14.1. The van der Waals surface area contributed by atoms with Crippen LogP contribution in [-0.4, -0.2) is 25.7 Å². The maximum Gasteiger partial charge on any atom is 0.357 e. The molecule has 0 aliphatic rings. The predicted molar refractivity (Wildman–Crippen MR) is 90.4 cm³/mol. The summed E-state index contributed by atoms with van der Waals surface area (Å²) in [5.41, 5.74) is 3.48. The Balaban J connectivity index is 2.27. The van der Waals surface area contributed by atoms with Gasteiger partial charge < -0.3 is 10.1 Å². The zero-order valence-corrected chi connectivity index (χ0v) is 14.0. The van der Waals surface area contributed by atoms with E-state index in [9.17, 15) is 9.59 Å². The van der Waals surface area contributed by atoms with Crippen LogP contribution in [0.15, 0.2) is 29.2 Å². The highest BCUT2D eigenvalue weighted by Gasteiger charge is 2.19. The van der Waals surface area contributed by atoms with E-state index < -0.39 is 5.97 Å². The summed E-state index contributed by atoms with van der Waals surface area (Å²) in [5, 5.41) is 13.1. The van der Waals surface area contributed by atoms with Crippen molar-refractivity contribution in [3.05, 3.63) is 55.1 Å². The molecule has 0 amide bonds. The Morgan fingerprint density at radius 2 is 2.05 bits per heavy atom. The minimum absolute atomic E-state index is 0.122. The molecule has 0 aliphatic carbocycles. The molecule has 0 atom stereocenters. The lowest BCUT2D eigenvalue weighted by atomic mass is 10.0. The van der Waals surface area contributed by atoms with E-state index in [2.05, 4.69) is 10.1 Å². The van der Waals surface area contributed by atoms with Crippen LogP contribution in [0.1, 0.15) is 21.6 Å². The molecule has 0 radical (unpaired) electrons. The smallest absolute Gasteiger partial charge is 0.357 e. The van der Waals surface area contributed by atoms with Crippen LogP contribution in [0.3, 0.4) is 0 Å². The molecule has 0 spiro atoms. The molecule has 2 aromatic heterocycles. The van der Waals surface area contributed by atoms with Gasteiger partial charge in [-0.15, -0.1) is 0 Å². The summed E-state index contributed by atoms with van der Waals surface area (Å²) in [4.78, 5) is 26.2. The molecule has 0 fully saturated rings. The van der Waals surface area contributed by atoms with Gasteiger partial charge in [0.15, 0.2) is 5.69 Å². The first-order valence-corrected chi connectivity index (χ1v) is 7.58. The van der Waals surface area contributed by atoms with Gasteiger partial charge in [-0.2, -0.15) is 5.10 Å². The van der Waals surface area contributed by atoms with Crippen molar-refractivity contribution in [1.82, 2.24) is 14.6 Å². The van der Waals surface area contributed by atoms with Crippen LogP contribution >= 0.6 is 22.6 Å². The molecule has 3 rings (SSSR count). The van der Waals surface area contributed by atoms with Crippen molar-refractivity contribution in [3.63, 3.8) is 0 Å². The Morgan fingerprint density at radius 1 is 1.32 bits per heavy atom. The van der Waals surface area contributed by atoms with Crippen molar-refractivity contribution in [1.29, 1.82) is 0 Å². The van der Waals surface area contributed by atoms with Crippen molar-refractivity contribution in [2.24, 2.45) is 0 Å². The summed E-state index contributed by atoms with van der Waals surface area (Å²) < 4.78 is 1.66. The van der Waals surface area contributed by atoms with Gasteiger partial charge in [0.05, 0.1) is 15.5 Å². The predicted octanol–water partition coefficient (Wildman–Crippen LogP) is 2.61. The second-order valence-electron chi connectivity index (χ2n) is 5.06. The van der Waals surface area contributed by atoms with Crippen molar-refractivity contribution in [3.8, 4) is 11.3 Å². The minimum atomic E-state index is -1.15. The van der Waals surface area contributed by atoms with Gasteiger partial charge in [0.2, 0.25) is 0 Å². The van der Waals surface area contributed by atoms with Crippen molar-refractivity contribution in [2.45, 2.75) is 13.8 Å². The van der Waals surface area contributed by atoms with Crippen LogP contribution in [-0.2, 0) is 0 Å². The van der Waals surface area contributed by atoms with Crippen LogP contribution in [0.4, 0.5) is 0 Å². The molecule has 0 saturated heterocycles. The molecular weight excluding hydrogens is 397 g/mol. The summed E-state index contributed by atoms with van der Waals surface area (Å²) in [5.74, 6) is -1.15. The molecule has 3 aromatic rings.